The molecule has 5 nitrogen and oxygen atoms in total. The molecule has 148 valence electrons. The van der Waals surface area contributed by atoms with Crippen molar-refractivity contribution < 1.29 is 14.3 Å². The molecule has 2 unspecified atom stereocenters. The molecule has 2 aromatic carbocycles. The first-order chi connectivity index (χ1) is 13.7. The molecule has 4 rings (SSSR count). The summed E-state index contributed by atoms with van der Waals surface area (Å²) in [5.74, 6) is 0.770. The number of hydrogen-bond acceptors (Lipinski definition) is 4. The number of rotatable bonds is 5. The lowest BCUT2D eigenvalue weighted by Gasteiger charge is -2.35. The van der Waals surface area contributed by atoms with Crippen LogP contribution < -0.4 is 10.1 Å². The molecule has 0 radical (unpaired) electrons. The lowest BCUT2D eigenvalue weighted by atomic mass is 9.95. The fourth-order valence-electron chi connectivity index (χ4n) is 3.87. The molecule has 0 aromatic heterocycles. The van der Waals surface area contributed by atoms with E-state index in [2.05, 4.69) is 10.2 Å². The molecule has 0 saturated carbocycles. The fourth-order valence-corrected chi connectivity index (χ4v) is 4.00. The average molecular weight is 401 g/mol. The Morgan fingerprint density at radius 2 is 1.89 bits per heavy atom. The van der Waals surface area contributed by atoms with Crippen LogP contribution in [0.1, 0.15) is 17.2 Å². The van der Waals surface area contributed by atoms with Crippen molar-refractivity contribution >= 4 is 17.5 Å². The highest BCUT2D eigenvalue weighted by Gasteiger charge is 2.28. The van der Waals surface area contributed by atoms with Gasteiger partial charge in [0.15, 0.2) is 0 Å². The molecule has 2 heterocycles. The summed E-state index contributed by atoms with van der Waals surface area (Å²) in [6, 6.07) is 15.9. The van der Waals surface area contributed by atoms with Crippen molar-refractivity contribution in [1.82, 2.24) is 10.2 Å². The summed E-state index contributed by atoms with van der Waals surface area (Å²) in [7, 11) is 0. The lowest BCUT2D eigenvalue weighted by Crippen LogP contribution is -2.45. The maximum Gasteiger partial charge on any atom is 0.226 e. The predicted molar refractivity (Wildman–Crippen MR) is 109 cm³/mol. The van der Waals surface area contributed by atoms with E-state index in [1.165, 1.54) is 0 Å². The quantitative estimate of drug-likeness (QED) is 0.838. The number of halogens is 1. The van der Waals surface area contributed by atoms with Crippen LogP contribution in [0.25, 0.3) is 0 Å². The molecule has 2 atom stereocenters. The Balaban J connectivity index is 1.42. The number of fused-ring (bicyclic) bond motifs is 1. The highest BCUT2D eigenvalue weighted by Crippen LogP contribution is 2.27. The molecule has 1 amide bonds. The van der Waals surface area contributed by atoms with Crippen molar-refractivity contribution in [2.24, 2.45) is 5.92 Å². The van der Waals surface area contributed by atoms with Crippen LogP contribution in [0, 0.1) is 5.92 Å². The topological polar surface area (TPSA) is 50.8 Å². The van der Waals surface area contributed by atoms with Crippen molar-refractivity contribution in [3.05, 3.63) is 64.7 Å². The minimum Gasteiger partial charge on any atom is -0.492 e. The number of nitrogens with zero attached hydrogens (tertiary/aromatic N) is 1. The van der Waals surface area contributed by atoms with Crippen LogP contribution >= 0.6 is 11.6 Å². The Hall–Kier alpha value is -2.08. The van der Waals surface area contributed by atoms with Crippen LogP contribution in [-0.4, -0.2) is 50.3 Å². The van der Waals surface area contributed by atoms with Crippen molar-refractivity contribution in [2.45, 2.75) is 12.5 Å². The zero-order valence-electron chi connectivity index (χ0n) is 15.8. The highest BCUT2D eigenvalue weighted by molar-refractivity contribution is 6.30. The smallest absolute Gasteiger partial charge is 0.226 e. The van der Waals surface area contributed by atoms with Gasteiger partial charge < -0.3 is 14.8 Å². The van der Waals surface area contributed by atoms with Gasteiger partial charge in [0.2, 0.25) is 5.91 Å². The van der Waals surface area contributed by atoms with Crippen molar-refractivity contribution in [1.29, 1.82) is 0 Å². The molecule has 1 N–H and O–H groups in total. The predicted octanol–water partition coefficient (Wildman–Crippen LogP) is 3.08. The second-order valence-corrected chi connectivity index (χ2v) is 7.72. The fraction of sp³-hybridized carbons (Fsp3) is 0.409. The van der Waals surface area contributed by atoms with E-state index in [0.717, 1.165) is 30.0 Å². The summed E-state index contributed by atoms with van der Waals surface area (Å²) in [6.45, 7) is 4.10. The molecule has 2 aliphatic rings. The van der Waals surface area contributed by atoms with Gasteiger partial charge in [-0.15, -0.1) is 0 Å². The number of carbonyl (C=O) groups is 1. The van der Waals surface area contributed by atoms with Gasteiger partial charge in [-0.05, 0) is 35.7 Å². The molecular weight excluding hydrogens is 376 g/mol. The molecule has 1 saturated heterocycles. The second-order valence-electron chi connectivity index (χ2n) is 7.28. The van der Waals surface area contributed by atoms with E-state index in [4.69, 9.17) is 21.1 Å². The van der Waals surface area contributed by atoms with Gasteiger partial charge in [0, 0.05) is 24.7 Å². The molecule has 1 fully saturated rings. The number of amides is 1. The summed E-state index contributed by atoms with van der Waals surface area (Å²) in [5.41, 5.74) is 2.24. The van der Waals surface area contributed by atoms with Gasteiger partial charge in [-0.3, -0.25) is 9.69 Å². The Morgan fingerprint density at radius 3 is 2.68 bits per heavy atom. The summed E-state index contributed by atoms with van der Waals surface area (Å²) >= 11 is 6.06. The third-order valence-corrected chi connectivity index (χ3v) is 5.71. The first-order valence-corrected chi connectivity index (χ1v) is 10.1. The van der Waals surface area contributed by atoms with Gasteiger partial charge in [0.1, 0.15) is 12.4 Å². The molecule has 6 heteroatoms. The Labute approximate surface area is 170 Å². The molecule has 2 aromatic rings. The first-order valence-electron chi connectivity index (χ1n) is 9.76. The average Bonchev–Trinajstić information content (AvgIpc) is 2.75. The van der Waals surface area contributed by atoms with Gasteiger partial charge in [-0.25, -0.2) is 0 Å². The van der Waals surface area contributed by atoms with Crippen LogP contribution in [0.4, 0.5) is 0 Å². The number of hydrogen-bond donors (Lipinski definition) is 1. The van der Waals surface area contributed by atoms with Crippen molar-refractivity contribution in [3.63, 3.8) is 0 Å². The van der Waals surface area contributed by atoms with Crippen LogP contribution in [0.15, 0.2) is 48.5 Å². The van der Waals surface area contributed by atoms with Gasteiger partial charge >= 0.3 is 0 Å². The summed E-state index contributed by atoms with van der Waals surface area (Å²) in [5, 5.41) is 3.87. The molecule has 0 spiro atoms. The van der Waals surface area contributed by atoms with Crippen LogP contribution in [-0.2, 0) is 16.0 Å². The van der Waals surface area contributed by atoms with Crippen LogP contribution in [0.5, 0.6) is 5.75 Å². The maximum absolute atomic E-state index is 12.8. The molecule has 0 aliphatic carbocycles. The number of nitrogens with one attached hydrogen (secondary N) is 1. The third-order valence-electron chi connectivity index (χ3n) is 5.46. The van der Waals surface area contributed by atoms with Gasteiger partial charge in [-0.2, -0.15) is 0 Å². The lowest BCUT2D eigenvalue weighted by molar-refractivity contribution is -0.126. The number of carbonyl (C=O) groups excluding carboxylic acids is 1. The number of morpholine rings is 1. The van der Waals surface area contributed by atoms with E-state index < -0.39 is 0 Å². The normalized spacial score (nSPS) is 20.7. The molecular formula is C22H25ClN2O3. The molecule has 2 aliphatic heterocycles. The van der Waals surface area contributed by atoms with E-state index in [-0.39, 0.29) is 17.9 Å². The Bertz CT molecular complexity index is 806. The highest BCUT2D eigenvalue weighted by atomic mass is 35.5. The van der Waals surface area contributed by atoms with E-state index in [0.29, 0.717) is 37.8 Å². The van der Waals surface area contributed by atoms with Crippen LogP contribution in [0.3, 0.4) is 0 Å². The number of ether oxygens (including phenoxy) is 2. The Morgan fingerprint density at radius 1 is 1.14 bits per heavy atom. The number of para-hydroxylation sites is 1. The van der Waals surface area contributed by atoms with Gasteiger partial charge in [0.25, 0.3) is 0 Å². The SMILES string of the molecule is O=C(NCC(c1ccc(Cl)cc1)N1CCOCC1)C1COc2ccccc2C1. The van der Waals surface area contributed by atoms with Gasteiger partial charge in [-0.1, -0.05) is 41.9 Å². The second kappa shape index (κ2) is 8.95. The zero-order valence-corrected chi connectivity index (χ0v) is 16.5. The van der Waals surface area contributed by atoms with E-state index in [1.807, 2.05) is 48.5 Å². The van der Waals surface area contributed by atoms with Crippen LogP contribution in [0.2, 0.25) is 5.02 Å². The molecule has 0 bridgehead atoms. The largest absolute Gasteiger partial charge is 0.492 e. The summed E-state index contributed by atoms with van der Waals surface area (Å²) < 4.78 is 11.3. The molecule has 28 heavy (non-hydrogen) atoms. The minimum absolute atomic E-state index is 0.0433. The van der Waals surface area contributed by atoms with E-state index >= 15 is 0 Å². The maximum atomic E-state index is 12.8. The van der Waals surface area contributed by atoms with E-state index in [1.54, 1.807) is 0 Å². The Kier molecular flexibility index (Phi) is 6.15. The summed E-state index contributed by atoms with van der Waals surface area (Å²) in [6.07, 6.45) is 0.713. The third kappa shape index (κ3) is 4.49. The van der Waals surface area contributed by atoms with E-state index in [9.17, 15) is 4.79 Å². The standard InChI is InChI=1S/C22H25ClN2O3/c23-19-7-5-16(6-8-19)20(25-9-11-27-12-10-25)14-24-22(26)18-13-17-3-1-2-4-21(17)28-15-18/h1-8,18,20H,9-15H2,(H,24,26). The summed E-state index contributed by atoms with van der Waals surface area (Å²) in [4.78, 5) is 15.2. The monoisotopic (exact) mass is 400 g/mol. The van der Waals surface area contributed by atoms with Gasteiger partial charge in [0.05, 0.1) is 25.2 Å². The first kappa shape index (κ1) is 19.2. The number of benzene rings is 2. The van der Waals surface area contributed by atoms with Crippen molar-refractivity contribution in [3.8, 4) is 5.75 Å². The van der Waals surface area contributed by atoms with Crippen molar-refractivity contribution in [2.75, 3.05) is 39.5 Å². The zero-order chi connectivity index (χ0) is 19.3. The minimum atomic E-state index is -0.162.